The highest BCUT2D eigenvalue weighted by Crippen LogP contribution is 2.37. The van der Waals surface area contributed by atoms with Crippen LogP contribution in [0.1, 0.15) is 29.8 Å². The summed E-state index contributed by atoms with van der Waals surface area (Å²) in [4.78, 5) is 27.8. The molecular formula is C19H18N2O2S. The summed E-state index contributed by atoms with van der Waals surface area (Å²) in [6, 6.07) is 13.7. The molecule has 0 radical (unpaired) electrons. The van der Waals surface area contributed by atoms with Crippen molar-refractivity contribution in [1.82, 2.24) is 0 Å². The molecule has 0 aromatic heterocycles. The lowest BCUT2D eigenvalue weighted by Crippen LogP contribution is -2.36. The van der Waals surface area contributed by atoms with Gasteiger partial charge in [-0.05, 0) is 50.1 Å². The number of carbonyl (C=O) groups is 2. The first-order valence-electron chi connectivity index (χ1n) is 8.07. The lowest BCUT2D eigenvalue weighted by Gasteiger charge is -2.25. The Bertz CT molecular complexity index is 849. The van der Waals surface area contributed by atoms with E-state index in [0.29, 0.717) is 5.56 Å². The Morgan fingerprint density at radius 3 is 2.83 bits per heavy atom. The quantitative estimate of drug-likeness (QED) is 0.862. The van der Waals surface area contributed by atoms with Gasteiger partial charge in [0.25, 0.3) is 5.91 Å². The van der Waals surface area contributed by atoms with Gasteiger partial charge in [0, 0.05) is 22.2 Å². The number of para-hydroxylation sites is 1. The summed E-state index contributed by atoms with van der Waals surface area (Å²) < 4.78 is 0. The van der Waals surface area contributed by atoms with Crippen LogP contribution in [-0.2, 0) is 11.2 Å². The van der Waals surface area contributed by atoms with Crippen LogP contribution in [0.4, 0.5) is 11.4 Å². The van der Waals surface area contributed by atoms with Gasteiger partial charge in [-0.3, -0.25) is 9.59 Å². The third-order valence-corrected chi connectivity index (χ3v) is 5.76. The maximum atomic E-state index is 13.1. The Labute approximate surface area is 145 Å². The van der Waals surface area contributed by atoms with E-state index in [-0.39, 0.29) is 23.1 Å². The fourth-order valence-corrected chi connectivity index (χ4v) is 4.29. The molecule has 2 aromatic rings. The first-order valence-corrected chi connectivity index (χ1v) is 8.95. The minimum Gasteiger partial charge on any atom is -0.324 e. The van der Waals surface area contributed by atoms with Gasteiger partial charge in [0.1, 0.15) is 0 Å². The predicted octanol–water partition coefficient (Wildman–Crippen LogP) is 3.71. The molecule has 2 aliphatic rings. The average Bonchev–Trinajstić information content (AvgIpc) is 2.90. The van der Waals surface area contributed by atoms with E-state index in [9.17, 15) is 9.59 Å². The van der Waals surface area contributed by atoms with E-state index >= 15 is 0 Å². The van der Waals surface area contributed by atoms with Crippen molar-refractivity contribution in [2.45, 2.75) is 36.5 Å². The third-order valence-electron chi connectivity index (χ3n) is 4.58. The molecular weight excluding hydrogens is 320 g/mol. The molecule has 24 heavy (non-hydrogen) atoms. The van der Waals surface area contributed by atoms with Crippen molar-refractivity contribution in [3.05, 3.63) is 53.6 Å². The highest BCUT2D eigenvalue weighted by molar-refractivity contribution is 8.00. The molecule has 122 valence electrons. The van der Waals surface area contributed by atoms with Crippen molar-refractivity contribution in [3.63, 3.8) is 0 Å². The number of benzene rings is 2. The van der Waals surface area contributed by atoms with Gasteiger partial charge in [-0.1, -0.05) is 18.2 Å². The van der Waals surface area contributed by atoms with Crippen LogP contribution in [-0.4, -0.2) is 23.1 Å². The number of nitrogens with one attached hydrogen (secondary N) is 1. The molecule has 0 unspecified atom stereocenters. The van der Waals surface area contributed by atoms with E-state index in [2.05, 4.69) is 18.3 Å². The topological polar surface area (TPSA) is 49.4 Å². The lowest BCUT2D eigenvalue weighted by atomic mass is 10.1. The van der Waals surface area contributed by atoms with E-state index in [0.717, 1.165) is 22.7 Å². The fraction of sp³-hybridized carbons (Fsp3) is 0.263. The van der Waals surface area contributed by atoms with Gasteiger partial charge in [0.2, 0.25) is 5.91 Å². The molecule has 0 fully saturated rings. The number of hydrogen-bond acceptors (Lipinski definition) is 3. The third kappa shape index (κ3) is 2.40. The van der Waals surface area contributed by atoms with Crippen LogP contribution in [0.5, 0.6) is 0 Å². The van der Waals surface area contributed by atoms with Gasteiger partial charge in [0.15, 0.2) is 0 Å². The first kappa shape index (κ1) is 15.3. The molecule has 2 aromatic carbocycles. The number of fused-ring (bicyclic) bond motifs is 2. The number of nitrogens with zero attached hydrogens (tertiary/aromatic N) is 1. The average molecular weight is 338 g/mol. The molecule has 2 aliphatic heterocycles. The largest absolute Gasteiger partial charge is 0.324 e. The van der Waals surface area contributed by atoms with Crippen LogP contribution in [0.15, 0.2) is 47.4 Å². The summed E-state index contributed by atoms with van der Waals surface area (Å²) in [6.07, 6.45) is 0.872. The van der Waals surface area contributed by atoms with Crippen LogP contribution < -0.4 is 10.2 Å². The summed E-state index contributed by atoms with van der Waals surface area (Å²) in [7, 11) is 0. The van der Waals surface area contributed by atoms with Gasteiger partial charge < -0.3 is 10.2 Å². The number of thioether (sulfide) groups is 1. The highest BCUT2D eigenvalue weighted by Gasteiger charge is 2.32. The maximum absolute atomic E-state index is 13.1. The van der Waals surface area contributed by atoms with Gasteiger partial charge in [0.05, 0.1) is 10.9 Å². The number of hydrogen-bond donors (Lipinski definition) is 1. The lowest BCUT2D eigenvalue weighted by molar-refractivity contribution is -0.115. The van der Waals surface area contributed by atoms with Crippen molar-refractivity contribution >= 4 is 35.0 Å². The molecule has 2 atom stereocenters. The SMILES string of the molecule is C[C@@H]1Sc2ccc(C(=O)N3c4ccccc4C[C@H]3C)cc2NC1=O. The Morgan fingerprint density at radius 1 is 1.21 bits per heavy atom. The number of rotatable bonds is 1. The van der Waals surface area contributed by atoms with Gasteiger partial charge in [-0.2, -0.15) is 0 Å². The summed E-state index contributed by atoms with van der Waals surface area (Å²) >= 11 is 1.52. The van der Waals surface area contributed by atoms with Gasteiger partial charge in [-0.15, -0.1) is 11.8 Å². The standard InChI is InChI=1S/C19H18N2O2S/c1-11-9-13-5-3-4-6-16(13)21(11)19(23)14-7-8-17-15(10-14)20-18(22)12(2)24-17/h3-8,10-12H,9H2,1-2H3,(H,20,22)/t11-,12+/m1/s1. The van der Waals surface area contributed by atoms with Crippen LogP contribution in [0.25, 0.3) is 0 Å². The van der Waals surface area contributed by atoms with Crippen LogP contribution in [0.3, 0.4) is 0 Å². The molecule has 0 saturated heterocycles. The molecule has 0 bridgehead atoms. The van der Waals surface area contributed by atoms with Crippen LogP contribution >= 0.6 is 11.8 Å². The Balaban J connectivity index is 1.69. The van der Waals surface area contributed by atoms with Crippen molar-refractivity contribution in [1.29, 1.82) is 0 Å². The van der Waals surface area contributed by atoms with E-state index in [1.165, 1.54) is 17.3 Å². The number of carbonyl (C=O) groups excluding carboxylic acids is 2. The van der Waals surface area contributed by atoms with Crippen molar-refractivity contribution < 1.29 is 9.59 Å². The van der Waals surface area contributed by atoms with Gasteiger partial charge >= 0.3 is 0 Å². The zero-order valence-electron chi connectivity index (χ0n) is 13.6. The Morgan fingerprint density at radius 2 is 2.00 bits per heavy atom. The molecule has 4 rings (SSSR count). The summed E-state index contributed by atoms with van der Waals surface area (Å²) in [5.74, 6) is -0.0369. The van der Waals surface area contributed by atoms with E-state index in [1.807, 2.05) is 42.2 Å². The summed E-state index contributed by atoms with van der Waals surface area (Å²) in [6.45, 7) is 3.94. The van der Waals surface area contributed by atoms with E-state index < -0.39 is 0 Å². The van der Waals surface area contributed by atoms with Crippen molar-refractivity contribution in [2.75, 3.05) is 10.2 Å². The predicted molar refractivity (Wildman–Crippen MR) is 96.8 cm³/mol. The van der Waals surface area contributed by atoms with E-state index in [4.69, 9.17) is 0 Å². The number of amides is 2. The normalized spacial score (nSPS) is 21.9. The van der Waals surface area contributed by atoms with Crippen LogP contribution in [0, 0.1) is 0 Å². The molecule has 2 amide bonds. The fourth-order valence-electron chi connectivity index (χ4n) is 3.36. The zero-order chi connectivity index (χ0) is 16.8. The molecule has 0 aliphatic carbocycles. The molecule has 2 heterocycles. The smallest absolute Gasteiger partial charge is 0.258 e. The summed E-state index contributed by atoms with van der Waals surface area (Å²) in [5.41, 5.74) is 3.52. The first-order chi connectivity index (χ1) is 11.5. The van der Waals surface area contributed by atoms with E-state index in [1.54, 1.807) is 6.07 Å². The second-order valence-electron chi connectivity index (χ2n) is 6.32. The molecule has 5 heteroatoms. The summed E-state index contributed by atoms with van der Waals surface area (Å²) in [5, 5.41) is 2.79. The maximum Gasteiger partial charge on any atom is 0.258 e. The monoisotopic (exact) mass is 338 g/mol. The Kier molecular flexibility index (Phi) is 3.61. The second kappa shape index (κ2) is 5.67. The van der Waals surface area contributed by atoms with Crippen LogP contribution in [0.2, 0.25) is 0 Å². The molecule has 4 nitrogen and oxygen atoms in total. The van der Waals surface area contributed by atoms with Gasteiger partial charge in [-0.25, -0.2) is 0 Å². The van der Waals surface area contributed by atoms with Crippen molar-refractivity contribution in [3.8, 4) is 0 Å². The minimum atomic E-state index is -0.107. The molecule has 0 spiro atoms. The number of anilines is 2. The second-order valence-corrected chi connectivity index (χ2v) is 7.70. The Hall–Kier alpha value is -2.27. The molecule has 0 saturated carbocycles. The van der Waals surface area contributed by atoms with Crippen molar-refractivity contribution in [2.24, 2.45) is 0 Å². The minimum absolute atomic E-state index is 0.0167. The highest BCUT2D eigenvalue weighted by atomic mass is 32.2. The zero-order valence-corrected chi connectivity index (χ0v) is 14.4. The molecule has 1 N–H and O–H groups in total.